The molecular weight excluding hydrogens is 344 g/mol. The molecule has 1 N–H and O–H groups in total. The van der Waals surface area contributed by atoms with Gasteiger partial charge in [0.25, 0.3) is 0 Å². The Bertz CT molecular complexity index is 884. The lowest BCUT2D eigenvalue weighted by Crippen LogP contribution is -2.54. The maximum atomic E-state index is 12.4. The normalized spacial score (nSPS) is 45.1. The summed E-state index contributed by atoms with van der Waals surface area (Å²) in [5, 5.41) is 10.2. The van der Waals surface area contributed by atoms with Crippen molar-refractivity contribution in [2.75, 3.05) is 0 Å². The summed E-state index contributed by atoms with van der Waals surface area (Å²) in [6, 6.07) is 0. The van der Waals surface area contributed by atoms with Gasteiger partial charge >= 0.3 is 0 Å². The van der Waals surface area contributed by atoms with Crippen molar-refractivity contribution in [1.29, 1.82) is 0 Å². The van der Waals surface area contributed by atoms with Crippen LogP contribution in [0.4, 0.5) is 0 Å². The Morgan fingerprint density at radius 1 is 0.964 bits per heavy atom. The van der Waals surface area contributed by atoms with Crippen LogP contribution in [0, 0.1) is 28.1 Å². The molecule has 5 aliphatic carbocycles. The van der Waals surface area contributed by atoms with Crippen molar-refractivity contribution >= 4 is 5.78 Å². The van der Waals surface area contributed by atoms with Gasteiger partial charge in [-0.15, -0.1) is 0 Å². The van der Waals surface area contributed by atoms with Crippen molar-refractivity contribution in [2.45, 2.75) is 79.1 Å². The summed E-state index contributed by atoms with van der Waals surface area (Å²) in [6.45, 7) is 9.34. The van der Waals surface area contributed by atoms with Crippen molar-refractivity contribution in [3.63, 3.8) is 0 Å². The number of fused-ring (bicyclic) bond motifs is 7. The van der Waals surface area contributed by atoms with E-state index in [9.17, 15) is 9.90 Å². The minimum atomic E-state index is -0.220. The van der Waals surface area contributed by atoms with Gasteiger partial charge < -0.3 is 5.11 Å². The summed E-state index contributed by atoms with van der Waals surface area (Å²) >= 11 is 0. The number of rotatable bonds is 0. The second-order valence-electron chi connectivity index (χ2n) is 11.0. The highest BCUT2D eigenvalue weighted by molar-refractivity contribution is 6.06. The first-order chi connectivity index (χ1) is 13.2. The van der Waals surface area contributed by atoms with E-state index in [2.05, 4.69) is 32.9 Å². The van der Waals surface area contributed by atoms with Crippen LogP contribution < -0.4 is 0 Å². The summed E-state index contributed by atoms with van der Waals surface area (Å²) in [6.07, 6.45) is 16.9. The third-order valence-corrected chi connectivity index (χ3v) is 9.66. The maximum absolute atomic E-state index is 12.4. The molecule has 3 saturated carbocycles. The van der Waals surface area contributed by atoms with E-state index in [-0.39, 0.29) is 22.4 Å². The fourth-order valence-electron chi connectivity index (χ4n) is 7.95. The average Bonchev–Trinajstić information content (AvgIpc) is 2.66. The second kappa shape index (κ2) is 5.74. The van der Waals surface area contributed by atoms with Crippen molar-refractivity contribution in [1.82, 2.24) is 0 Å². The van der Waals surface area contributed by atoms with Crippen LogP contribution >= 0.6 is 0 Å². The molecule has 2 nitrogen and oxygen atoms in total. The van der Waals surface area contributed by atoms with Crippen molar-refractivity contribution in [3.05, 3.63) is 46.3 Å². The molecule has 0 radical (unpaired) electrons. The molecule has 28 heavy (non-hydrogen) atoms. The minimum absolute atomic E-state index is 0.0740. The molecule has 0 heterocycles. The fourth-order valence-corrected chi connectivity index (χ4v) is 7.95. The van der Waals surface area contributed by atoms with E-state index < -0.39 is 0 Å². The van der Waals surface area contributed by atoms with Gasteiger partial charge in [0.2, 0.25) is 5.78 Å². The molecule has 0 spiro atoms. The van der Waals surface area contributed by atoms with Gasteiger partial charge in [0.1, 0.15) is 0 Å². The fraction of sp³-hybridized carbons (Fsp3) is 0.654. The highest BCUT2D eigenvalue weighted by atomic mass is 16.3. The van der Waals surface area contributed by atoms with Gasteiger partial charge in [-0.1, -0.05) is 51.3 Å². The molecule has 0 amide bonds. The number of allylic oxidation sites excluding steroid dienone is 7. The van der Waals surface area contributed by atoms with Crippen LogP contribution in [0.2, 0.25) is 0 Å². The lowest BCUT2D eigenvalue weighted by Gasteiger charge is -2.63. The third kappa shape index (κ3) is 2.18. The number of carbonyl (C=O) groups excluding carboxylic acids is 1. The van der Waals surface area contributed by atoms with Crippen LogP contribution in [0.15, 0.2) is 46.3 Å². The molecule has 0 saturated heterocycles. The third-order valence-electron chi connectivity index (χ3n) is 9.66. The quantitative estimate of drug-likeness (QED) is 0.515. The van der Waals surface area contributed by atoms with Gasteiger partial charge in [0.15, 0.2) is 5.76 Å². The Morgan fingerprint density at radius 2 is 1.75 bits per heavy atom. The summed E-state index contributed by atoms with van der Waals surface area (Å²) in [4.78, 5) is 12.4. The van der Waals surface area contributed by atoms with Crippen LogP contribution in [-0.2, 0) is 4.79 Å². The van der Waals surface area contributed by atoms with Crippen LogP contribution in [0.1, 0.15) is 79.1 Å². The summed E-state index contributed by atoms with van der Waals surface area (Å²) < 4.78 is 0. The number of hydrogen-bond acceptors (Lipinski definition) is 2. The molecule has 5 unspecified atom stereocenters. The highest BCUT2D eigenvalue weighted by Gasteiger charge is 2.59. The van der Waals surface area contributed by atoms with Gasteiger partial charge in [0, 0.05) is 11.0 Å². The standard InChI is InChI=1S/C26H34O2/c1-16-17-8-9-22-25(3,20(17)15-21(27)23(16)28)12-10-19-18-7-5-6-11-24(18,2)13-14-26(19,22)4/h8-9,15,18-19,28H,5-7,10-14H2,1-4H3. The molecule has 5 atom stereocenters. The molecule has 0 aromatic heterocycles. The summed E-state index contributed by atoms with van der Waals surface area (Å²) in [5.41, 5.74) is 5.23. The van der Waals surface area contributed by atoms with E-state index in [1.54, 1.807) is 11.6 Å². The first kappa shape index (κ1) is 18.5. The molecule has 5 aliphatic rings. The molecule has 0 aliphatic heterocycles. The van der Waals surface area contributed by atoms with E-state index in [0.29, 0.717) is 5.41 Å². The Labute approximate surface area is 169 Å². The molecule has 0 bridgehead atoms. The molecule has 0 aromatic rings. The number of aliphatic hydroxyl groups excluding tert-OH is 1. The van der Waals surface area contributed by atoms with Gasteiger partial charge in [-0.05, 0) is 85.3 Å². The lowest BCUT2D eigenvalue weighted by molar-refractivity contribution is -0.113. The van der Waals surface area contributed by atoms with Crippen molar-refractivity contribution in [3.8, 4) is 0 Å². The largest absolute Gasteiger partial charge is 0.504 e. The summed E-state index contributed by atoms with van der Waals surface area (Å²) in [5.74, 6) is 1.32. The number of hydrogen-bond donors (Lipinski definition) is 1. The first-order valence-corrected chi connectivity index (χ1v) is 11.3. The first-order valence-electron chi connectivity index (χ1n) is 11.3. The Kier molecular flexibility index (Phi) is 3.78. The lowest BCUT2D eigenvalue weighted by atomic mass is 9.41. The van der Waals surface area contributed by atoms with Gasteiger partial charge in [-0.2, -0.15) is 0 Å². The second-order valence-corrected chi connectivity index (χ2v) is 11.0. The van der Waals surface area contributed by atoms with E-state index in [1.165, 1.54) is 44.9 Å². The number of carbonyl (C=O) groups is 1. The van der Waals surface area contributed by atoms with Gasteiger partial charge in [0.05, 0.1) is 0 Å². The monoisotopic (exact) mass is 378 g/mol. The zero-order valence-corrected chi connectivity index (χ0v) is 17.9. The zero-order valence-electron chi connectivity index (χ0n) is 17.9. The van der Waals surface area contributed by atoms with E-state index >= 15 is 0 Å². The molecular formula is C26H34O2. The Hall–Kier alpha value is -1.57. The SMILES string of the molecule is CC1=C(O)C(=O)C=C2C1=CC=C1C2(C)CCC2C3CCCCC3(C)CCC12C. The highest BCUT2D eigenvalue weighted by Crippen LogP contribution is 2.69. The zero-order chi connectivity index (χ0) is 19.9. The Morgan fingerprint density at radius 3 is 2.54 bits per heavy atom. The molecule has 2 heteroatoms. The predicted molar refractivity (Wildman–Crippen MR) is 113 cm³/mol. The van der Waals surface area contributed by atoms with Crippen LogP contribution in [0.25, 0.3) is 0 Å². The molecule has 0 aromatic carbocycles. The van der Waals surface area contributed by atoms with Gasteiger partial charge in [-0.3, -0.25) is 4.79 Å². The smallest absolute Gasteiger partial charge is 0.220 e. The molecule has 3 fully saturated rings. The molecule has 5 rings (SSSR count). The van der Waals surface area contributed by atoms with Crippen molar-refractivity contribution < 1.29 is 9.90 Å². The van der Waals surface area contributed by atoms with E-state index in [1.807, 2.05) is 6.92 Å². The van der Waals surface area contributed by atoms with E-state index in [0.717, 1.165) is 35.0 Å². The van der Waals surface area contributed by atoms with Crippen molar-refractivity contribution in [2.24, 2.45) is 28.1 Å². The average molecular weight is 379 g/mol. The Balaban J connectivity index is 1.62. The van der Waals surface area contributed by atoms with Crippen LogP contribution in [-0.4, -0.2) is 10.9 Å². The predicted octanol–water partition coefficient (Wildman–Crippen LogP) is 6.61. The number of ketones is 1. The van der Waals surface area contributed by atoms with Crippen LogP contribution in [0.3, 0.4) is 0 Å². The van der Waals surface area contributed by atoms with E-state index in [4.69, 9.17) is 0 Å². The minimum Gasteiger partial charge on any atom is -0.504 e. The summed E-state index contributed by atoms with van der Waals surface area (Å²) in [7, 11) is 0. The molecule has 150 valence electrons. The van der Waals surface area contributed by atoms with Gasteiger partial charge in [-0.25, -0.2) is 0 Å². The topological polar surface area (TPSA) is 37.3 Å². The number of aliphatic hydroxyl groups is 1. The maximum Gasteiger partial charge on any atom is 0.220 e. The van der Waals surface area contributed by atoms with Crippen LogP contribution in [0.5, 0.6) is 0 Å².